The molecule has 7 nitrogen and oxygen atoms in total. The number of pyridine rings is 1. The molecular weight excluding hydrogens is 312 g/mol. The highest BCUT2D eigenvalue weighted by molar-refractivity contribution is 5.91. The summed E-state index contributed by atoms with van der Waals surface area (Å²) < 4.78 is 10.5. The van der Waals surface area contributed by atoms with Crippen LogP contribution in [0.3, 0.4) is 0 Å². The van der Waals surface area contributed by atoms with Gasteiger partial charge in [0, 0.05) is 17.8 Å². The molecule has 0 saturated carbocycles. The first-order valence-corrected chi connectivity index (χ1v) is 7.29. The monoisotopic (exact) mass is 326 g/mol. The van der Waals surface area contributed by atoms with E-state index in [0.29, 0.717) is 11.3 Å². The molecule has 122 valence electrons. The number of amides is 1. The van der Waals surface area contributed by atoms with Crippen LogP contribution in [0.2, 0.25) is 0 Å². The van der Waals surface area contributed by atoms with Crippen molar-refractivity contribution in [2.75, 3.05) is 11.9 Å². The number of anilines is 1. The lowest BCUT2D eigenvalue weighted by atomic mass is 10.1. The first kappa shape index (κ1) is 15.5. The van der Waals surface area contributed by atoms with Crippen LogP contribution in [0, 0.1) is 0 Å². The highest BCUT2D eigenvalue weighted by atomic mass is 16.5. The molecule has 2 heterocycles. The number of hydrogen-bond acceptors (Lipinski definition) is 5. The first-order valence-electron chi connectivity index (χ1n) is 7.29. The number of hydrogen-bond donors (Lipinski definition) is 2. The Bertz CT molecular complexity index is 1020. The molecule has 0 saturated heterocycles. The van der Waals surface area contributed by atoms with Gasteiger partial charge < -0.3 is 14.1 Å². The van der Waals surface area contributed by atoms with Crippen molar-refractivity contribution in [3.05, 3.63) is 63.2 Å². The number of ether oxygens (including phenoxy) is 1. The van der Waals surface area contributed by atoms with Crippen LogP contribution in [0.1, 0.15) is 6.92 Å². The Morgan fingerprint density at radius 2 is 2.04 bits per heavy atom. The Morgan fingerprint density at radius 3 is 2.83 bits per heavy atom. The second kappa shape index (κ2) is 6.41. The lowest BCUT2D eigenvalue weighted by Crippen LogP contribution is -2.15. The van der Waals surface area contributed by atoms with Gasteiger partial charge in [0.15, 0.2) is 5.43 Å². The van der Waals surface area contributed by atoms with Gasteiger partial charge in [-0.25, -0.2) is 4.79 Å². The SMILES string of the molecule is CCOC(=O)Nc1ccccc1-c1cc(=O)c2c(=O)[nH]ccc2o1. The van der Waals surface area contributed by atoms with Gasteiger partial charge in [-0.05, 0) is 25.1 Å². The summed E-state index contributed by atoms with van der Waals surface area (Å²) in [5.74, 6) is 0.241. The summed E-state index contributed by atoms with van der Waals surface area (Å²) in [5, 5.41) is 2.55. The maximum atomic E-state index is 12.2. The molecule has 0 radical (unpaired) electrons. The average Bonchev–Trinajstić information content (AvgIpc) is 2.55. The van der Waals surface area contributed by atoms with Crippen LogP contribution in [0.25, 0.3) is 22.3 Å². The third kappa shape index (κ3) is 2.91. The molecule has 0 unspecified atom stereocenters. The number of para-hydroxylation sites is 1. The summed E-state index contributed by atoms with van der Waals surface area (Å²) in [6.45, 7) is 1.94. The third-order valence-corrected chi connectivity index (χ3v) is 3.36. The van der Waals surface area contributed by atoms with Crippen LogP contribution in [0.15, 0.2) is 56.6 Å². The van der Waals surface area contributed by atoms with Gasteiger partial charge in [-0.2, -0.15) is 0 Å². The summed E-state index contributed by atoms with van der Waals surface area (Å²) >= 11 is 0. The molecule has 7 heteroatoms. The van der Waals surface area contributed by atoms with Crippen molar-refractivity contribution < 1.29 is 13.9 Å². The van der Waals surface area contributed by atoms with Crippen LogP contribution in [-0.2, 0) is 4.74 Å². The number of aromatic nitrogens is 1. The van der Waals surface area contributed by atoms with Crippen molar-refractivity contribution in [1.82, 2.24) is 4.98 Å². The van der Waals surface area contributed by atoms with Crippen molar-refractivity contribution in [1.29, 1.82) is 0 Å². The summed E-state index contributed by atoms with van der Waals surface area (Å²) in [5.41, 5.74) is 0.144. The number of aromatic amines is 1. The second-order valence-electron chi connectivity index (χ2n) is 4.91. The third-order valence-electron chi connectivity index (χ3n) is 3.36. The number of benzene rings is 1. The number of rotatable bonds is 3. The van der Waals surface area contributed by atoms with Crippen molar-refractivity contribution in [2.24, 2.45) is 0 Å². The Kier molecular flexibility index (Phi) is 4.15. The molecule has 0 bridgehead atoms. The Balaban J connectivity index is 2.13. The molecule has 0 aliphatic heterocycles. The molecule has 3 rings (SSSR count). The molecule has 1 amide bonds. The number of carbonyl (C=O) groups is 1. The molecule has 0 aliphatic carbocycles. The Labute approximate surface area is 135 Å². The fourth-order valence-corrected chi connectivity index (χ4v) is 2.33. The number of carbonyl (C=O) groups excluding carboxylic acids is 1. The maximum absolute atomic E-state index is 12.2. The zero-order chi connectivity index (χ0) is 17.1. The van der Waals surface area contributed by atoms with E-state index >= 15 is 0 Å². The van der Waals surface area contributed by atoms with E-state index in [9.17, 15) is 14.4 Å². The van der Waals surface area contributed by atoms with Gasteiger partial charge in [-0.15, -0.1) is 0 Å². The van der Waals surface area contributed by atoms with Gasteiger partial charge in [0.1, 0.15) is 16.7 Å². The highest BCUT2D eigenvalue weighted by Crippen LogP contribution is 2.28. The molecule has 1 aromatic carbocycles. The molecule has 3 aromatic rings. The maximum Gasteiger partial charge on any atom is 0.411 e. The van der Waals surface area contributed by atoms with Gasteiger partial charge >= 0.3 is 6.09 Å². The Hall–Kier alpha value is -3.35. The van der Waals surface area contributed by atoms with Crippen LogP contribution < -0.4 is 16.3 Å². The van der Waals surface area contributed by atoms with E-state index in [0.717, 1.165) is 0 Å². The molecule has 2 N–H and O–H groups in total. The molecule has 0 aliphatic rings. The van der Waals surface area contributed by atoms with Gasteiger partial charge in [-0.3, -0.25) is 14.9 Å². The fraction of sp³-hybridized carbons (Fsp3) is 0.118. The van der Waals surface area contributed by atoms with Crippen LogP contribution in [0.4, 0.5) is 10.5 Å². The standard InChI is InChI=1S/C17H14N2O5/c1-2-23-17(22)19-11-6-4-3-5-10(11)14-9-12(20)15-13(24-14)7-8-18-16(15)21/h3-9H,2H2,1H3,(H,18,21)(H,19,22). The van der Waals surface area contributed by atoms with Gasteiger partial charge in [0.2, 0.25) is 0 Å². The van der Waals surface area contributed by atoms with Crippen LogP contribution in [0.5, 0.6) is 0 Å². The van der Waals surface area contributed by atoms with Crippen molar-refractivity contribution >= 4 is 22.7 Å². The van der Waals surface area contributed by atoms with Gasteiger partial charge in [0.05, 0.1) is 12.3 Å². The largest absolute Gasteiger partial charge is 0.455 e. The smallest absolute Gasteiger partial charge is 0.411 e. The van der Waals surface area contributed by atoms with E-state index in [1.165, 1.54) is 18.3 Å². The van der Waals surface area contributed by atoms with E-state index in [2.05, 4.69) is 10.3 Å². The summed E-state index contributed by atoms with van der Waals surface area (Å²) in [6.07, 6.45) is 0.796. The zero-order valence-electron chi connectivity index (χ0n) is 12.8. The average molecular weight is 326 g/mol. The lowest BCUT2D eigenvalue weighted by molar-refractivity contribution is 0.168. The number of nitrogens with one attached hydrogen (secondary N) is 2. The molecule has 2 aromatic heterocycles. The first-order chi connectivity index (χ1) is 11.6. The lowest BCUT2D eigenvalue weighted by Gasteiger charge is -2.10. The minimum atomic E-state index is -0.607. The van der Waals surface area contributed by atoms with Crippen molar-refractivity contribution in [2.45, 2.75) is 6.92 Å². The minimum absolute atomic E-state index is 0.0444. The van der Waals surface area contributed by atoms with E-state index in [1.54, 1.807) is 31.2 Å². The second-order valence-corrected chi connectivity index (χ2v) is 4.91. The van der Waals surface area contributed by atoms with Crippen molar-refractivity contribution in [3.8, 4) is 11.3 Å². The van der Waals surface area contributed by atoms with E-state index in [4.69, 9.17) is 9.15 Å². The zero-order valence-corrected chi connectivity index (χ0v) is 12.8. The quantitative estimate of drug-likeness (QED) is 0.770. The molecular formula is C17H14N2O5. The normalized spacial score (nSPS) is 10.5. The topological polar surface area (TPSA) is 101 Å². The summed E-state index contributed by atoms with van der Waals surface area (Å²) in [7, 11) is 0. The Morgan fingerprint density at radius 1 is 1.25 bits per heavy atom. The summed E-state index contributed by atoms with van der Waals surface area (Å²) in [6, 6.07) is 9.56. The molecule has 0 atom stereocenters. The predicted octanol–water partition coefficient (Wildman–Crippen LogP) is 2.72. The predicted molar refractivity (Wildman–Crippen MR) is 89.2 cm³/mol. The molecule has 24 heavy (non-hydrogen) atoms. The van der Waals surface area contributed by atoms with Crippen LogP contribution in [-0.4, -0.2) is 17.7 Å². The van der Waals surface area contributed by atoms with Gasteiger partial charge in [0.25, 0.3) is 5.56 Å². The van der Waals surface area contributed by atoms with Crippen molar-refractivity contribution in [3.63, 3.8) is 0 Å². The summed E-state index contributed by atoms with van der Waals surface area (Å²) in [4.78, 5) is 38.1. The number of fused-ring (bicyclic) bond motifs is 1. The highest BCUT2D eigenvalue weighted by Gasteiger charge is 2.14. The molecule has 0 fully saturated rings. The fourth-order valence-electron chi connectivity index (χ4n) is 2.33. The number of H-pyrrole nitrogens is 1. The van der Waals surface area contributed by atoms with Gasteiger partial charge in [-0.1, -0.05) is 12.1 Å². The molecule has 0 spiro atoms. The van der Waals surface area contributed by atoms with E-state index < -0.39 is 17.1 Å². The minimum Gasteiger partial charge on any atom is -0.455 e. The van der Waals surface area contributed by atoms with E-state index in [1.807, 2.05) is 0 Å². The van der Waals surface area contributed by atoms with E-state index in [-0.39, 0.29) is 23.3 Å². The van der Waals surface area contributed by atoms with Crippen LogP contribution >= 0.6 is 0 Å².